The van der Waals surface area contributed by atoms with E-state index in [2.05, 4.69) is 20.2 Å². The summed E-state index contributed by atoms with van der Waals surface area (Å²) in [4.78, 5) is 12.3. The Morgan fingerprint density at radius 3 is 2.57 bits per heavy atom. The second-order valence-corrected chi connectivity index (χ2v) is 9.28. The van der Waals surface area contributed by atoms with Gasteiger partial charge in [-0.3, -0.25) is 10.1 Å². The number of carbonyl (C=O) groups excluding carboxylic acids is 1. The number of aryl methyl sites for hydroxylation is 1. The Kier molecular flexibility index (Phi) is 6.18. The van der Waals surface area contributed by atoms with Crippen LogP contribution < -0.4 is 10.0 Å². The maximum Gasteiger partial charge on any atom is 0.269 e. The highest BCUT2D eigenvalue weighted by molar-refractivity contribution is 7.91. The lowest BCUT2D eigenvalue weighted by atomic mass is 10.0. The fraction of sp³-hybridized carbons (Fsp3) is 0.211. The number of benzene rings is 2. The van der Waals surface area contributed by atoms with Crippen molar-refractivity contribution >= 4 is 32.4 Å². The average Bonchev–Trinajstić information content (AvgIpc) is 3.16. The van der Waals surface area contributed by atoms with E-state index in [9.17, 15) is 13.2 Å². The molecule has 9 heteroatoms. The Morgan fingerprint density at radius 2 is 1.86 bits per heavy atom. The van der Waals surface area contributed by atoms with Gasteiger partial charge in [-0.2, -0.15) is 0 Å². The Morgan fingerprint density at radius 1 is 1.11 bits per heavy atom. The third kappa shape index (κ3) is 5.00. The minimum absolute atomic E-state index is 0.00406. The van der Waals surface area contributed by atoms with Crippen molar-refractivity contribution in [1.82, 2.24) is 14.9 Å². The van der Waals surface area contributed by atoms with Crippen LogP contribution in [0.4, 0.5) is 5.13 Å². The zero-order valence-electron chi connectivity index (χ0n) is 15.4. The van der Waals surface area contributed by atoms with E-state index in [0.29, 0.717) is 5.56 Å². The molecule has 1 aromatic heterocycles. The molecule has 0 bridgehead atoms. The van der Waals surface area contributed by atoms with E-state index < -0.39 is 10.0 Å². The highest BCUT2D eigenvalue weighted by Crippen LogP contribution is 2.21. The molecule has 146 valence electrons. The van der Waals surface area contributed by atoms with Gasteiger partial charge in [0.25, 0.3) is 15.9 Å². The van der Waals surface area contributed by atoms with Crippen molar-refractivity contribution in [2.24, 2.45) is 0 Å². The molecule has 1 amide bonds. The van der Waals surface area contributed by atoms with Crippen molar-refractivity contribution in [2.75, 3.05) is 11.9 Å². The largest absolute Gasteiger partial charge is 0.296 e. The summed E-state index contributed by atoms with van der Waals surface area (Å²) >= 11 is 0.810. The van der Waals surface area contributed by atoms with Crippen LogP contribution in [0, 0.1) is 6.92 Å². The molecule has 0 aliphatic heterocycles. The third-order valence-corrected chi connectivity index (χ3v) is 6.71. The summed E-state index contributed by atoms with van der Waals surface area (Å²) in [6.45, 7) is 4.05. The maximum absolute atomic E-state index is 12.5. The summed E-state index contributed by atoms with van der Waals surface area (Å²) < 4.78 is 27.3. The van der Waals surface area contributed by atoms with Gasteiger partial charge < -0.3 is 0 Å². The fourth-order valence-corrected chi connectivity index (χ4v) is 4.59. The fourth-order valence-electron chi connectivity index (χ4n) is 2.52. The van der Waals surface area contributed by atoms with Crippen molar-refractivity contribution in [3.8, 4) is 0 Å². The first-order valence-corrected chi connectivity index (χ1v) is 10.9. The maximum atomic E-state index is 12.5. The molecule has 0 spiro atoms. The predicted molar refractivity (Wildman–Crippen MR) is 109 cm³/mol. The summed E-state index contributed by atoms with van der Waals surface area (Å²) in [7, 11) is -3.81. The van der Waals surface area contributed by atoms with Gasteiger partial charge in [0.1, 0.15) is 0 Å². The molecule has 7 nitrogen and oxygen atoms in total. The molecule has 0 aliphatic rings. The molecule has 1 atom stereocenters. The number of anilines is 1. The lowest BCUT2D eigenvalue weighted by Crippen LogP contribution is -2.27. The lowest BCUT2D eigenvalue weighted by molar-refractivity contribution is 0.102. The third-order valence-electron chi connectivity index (χ3n) is 4.09. The zero-order valence-corrected chi connectivity index (χ0v) is 17.0. The molecular formula is C19H20N4O3S2. The van der Waals surface area contributed by atoms with E-state index in [1.54, 1.807) is 18.2 Å². The van der Waals surface area contributed by atoms with E-state index in [1.165, 1.54) is 0 Å². The van der Waals surface area contributed by atoms with Crippen molar-refractivity contribution in [1.29, 1.82) is 0 Å². The summed E-state index contributed by atoms with van der Waals surface area (Å²) in [6, 6.07) is 16.7. The first kappa shape index (κ1) is 20.1. The van der Waals surface area contributed by atoms with Gasteiger partial charge in [-0.1, -0.05) is 66.3 Å². The van der Waals surface area contributed by atoms with E-state index in [4.69, 9.17) is 0 Å². The number of hydrogen-bond donors (Lipinski definition) is 2. The summed E-state index contributed by atoms with van der Waals surface area (Å²) in [5.74, 6) is -0.362. The van der Waals surface area contributed by atoms with Crippen molar-refractivity contribution in [3.63, 3.8) is 0 Å². The van der Waals surface area contributed by atoms with Gasteiger partial charge in [-0.25, -0.2) is 13.1 Å². The Bertz CT molecular complexity index is 1070. The van der Waals surface area contributed by atoms with Gasteiger partial charge in [0, 0.05) is 12.1 Å². The summed E-state index contributed by atoms with van der Waals surface area (Å²) in [6.07, 6.45) is 0. The summed E-state index contributed by atoms with van der Waals surface area (Å²) in [5.41, 5.74) is 2.45. The Labute approximate surface area is 167 Å². The molecule has 3 aromatic rings. The topological polar surface area (TPSA) is 101 Å². The van der Waals surface area contributed by atoms with Crippen LogP contribution in [0.2, 0.25) is 0 Å². The van der Waals surface area contributed by atoms with Crippen LogP contribution in [-0.4, -0.2) is 31.1 Å². The highest BCUT2D eigenvalue weighted by atomic mass is 32.2. The number of nitrogens with one attached hydrogen (secondary N) is 2. The zero-order chi connectivity index (χ0) is 20.1. The monoisotopic (exact) mass is 416 g/mol. The van der Waals surface area contributed by atoms with Crippen molar-refractivity contribution < 1.29 is 13.2 Å². The Hall–Kier alpha value is -2.62. The first-order valence-electron chi connectivity index (χ1n) is 8.61. The average molecular weight is 417 g/mol. The molecule has 0 saturated carbocycles. The normalized spacial score (nSPS) is 12.5. The number of rotatable bonds is 7. The Balaban J connectivity index is 1.64. The molecule has 3 rings (SSSR count). The molecule has 1 unspecified atom stereocenters. The number of aromatic nitrogens is 2. The van der Waals surface area contributed by atoms with Gasteiger partial charge >= 0.3 is 0 Å². The lowest BCUT2D eigenvalue weighted by Gasteiger charge is -2.12. The van der Waals surface area contributed by atoms with Gasteiger partial charge in [-0.05, 0) is 30.5 Å². The van der Waals surface area contributed by atoms with Crippen molar-refractivity contribution in [3.05, 3.63) is 71.3 Å². The molecule has 0 aliphatic carbocycles. The molecular weight excluding hydrogens is 396 g/mol. The second-order valence-electron chi connectivity index (χ2n) is 6.36. The number of amides is 1. The second kappa shape index (κ2) is 8.59. The van der Waals surface area contributed by atoms with E-state index in [0.717, 1.165) is 22.5 Å². The SMILES string of the molecule is Cc1cccc(C(=O)Nc2nnc(S(=O)(=O)NCC(C)c3ccccc3)s2)c1. The molecule has 0 saturated heterocycles. The molecule has 2 aromatic carbocycles. The molecule has 1 heterocycles. The van der Waals surface area contributed by atoms with Crippen LogP contribution in [0.3, 0.4) is 0 Å². The van der Waals surface area contributed by atoms with Crippen LogP contribution in [-0.2, 0) is 10.0 Å². The standard InChI is InChI=1S/C19H20N4O3S2/c1-13-7-6-10-16(11-13)17(24)21-18-22-23-19(27-18)28(25,26)20-12-14(2)15-8-4-3-5-9-15/h3-11,14,20H,12H2,1-2H3,(H,21,22,24). The minimum atomic E-state index is -3.81. The van der Waals surface area contributed by atoms with Crippen molar-refractivity contribution in [2.45, 2.75) is 24.1 Å². The van der Waals surface area contributed by atoms with E-state index >= 15 is 0 Å². The predicted octanol–water partition coefficient (Wildman–Crippen LogP) is 3.18. The van der Waals surface area contributed by atoms with Crippen LogP contribution in [0.25, 0.3) is 0 Å². The van der Waals surface area contributed by atoms with Gasteiger partial charge in [-0.15, -0.1) is 10.2 Å². The number of sulfonamides is 1. The molecule has 2 N–H and O–H groups in total. The minimum Gasteiger partial charge on any atom is -0.296 e. The number of nitrogens with zero attached hydrogens (tertiary/aromatic N) is 2. The van der Waals surface area contributed by atoms with Gasteiger partial charge in [0.15, 0.2) is 0 Å². The highest BCUT2D eigenvalue weighted by Gasteiger charge is 2.22. The smallest absolute Gasteiger partial charge is 0.269 e. The van der Waals surface area contributed by atoms with Gasteiger partial charge in [0.2, 0.25) is 9.47 Å². The van der Waals surface area contributed by atoms with Crippen LogP contribution in [0.15, 0.2) is 58.9 Å². The van der Waals surface area contributed by atoms with Crippen LogP contribution in [0.5, 0.6) is 0 Å². The van der Waals surface area contributed by atoms with Crippen LogP contribution in [0.1, 0.15) is 34.3 Å². The molecule has 28 heavy (non-hydrogen) atoms. The molecule has 0 radical (unpaired) electrons. The summed E-state index contributed by atoms with van der Waals surface area (Å²) in [5, 5.41) is 10.2. The molecule has 0 fully saturated rings. The number of hydrogen-bond acceptors (Lipinski definition) is 6. The van der Waals surface area contributed by atoms with Crippen LogP contribution >= 0.6 is 11.3 Å². The first-order chi connectivity index (χ1) is 13.3. The number of carbonyl (C=O) groups is 1. The van der Waals surface area contributed by atoms with E-state index in [-0.39, 0.29) is 27.8 Å². The van der Waals surface area contributed by atoms with Gasteiger partial charge in [0.05, 0.1) is 0 Å². The van der Waals surface area contributed by atoms with E-state index in [1.807, 2.05) is 50.2 Å². The quantitative estimate of drug-likeness (QED) is 0.576.